The highest BCUT2D eigenvalue weighted by molar-refractivity contribution is 7.89. The molecule has 0 spiro atoms. The molecule has 7 nitrogen and oxygen atoms in total. The molecule has 1 aromatic carbocycles. The van der Waals surface area contributed by atoms with Gasteiger partial charge in [-0.25, -0.2) is 18.1 Å². The van der Waals surface area contributed by atoms with Crippen LogP contribution in [-0.2, 0) is 21.4 Å². The molecule has 146 valence electrons. The Morgan fingerprint density at radius 1 is 1.14 bits per heavy atom. The van der Waals surface area contributed by atoms with E-state index in [1.165, 1.54) is 6.08 Å². The van der Waals surface area contributed by atoms with E-state index in [2.05, 4.69) is 15.0 Å². The number of nitrogens with one attached hydrogen (secondary N) is 2. The first-order valence-electron chi connectivity index (χ1n) is 8.54. The highest BCUT2D eigenvalue weighted by Crippen LogP contribution is 2.18. The van der Waals surface area contributed by atoms with Gasteiger partial charge < -0.3 is 5.32 Å². The minimum Gasteiger partial charge on any atom is -0.351 e. The molecule has 0 saturated heterocycles. The number of pyridine rings is 1. The average molecular weight is 419 g/mol. The Labute approximate surface area is 168 Å². The van der Waals surface area contributed by atoms with Crippen molar-refractivity contribution in [3.05, 3.63) is 77.2 Å². The molecule has 2 N–H and O–H groups in total. The number of fused-ring (bicyclic) bond motifs is 1. The van der Waals surface area contributed by atoms with Crippen molar-refractivity contribution in [2.24, 2.45) is 0 Å². The fourth-order valence-corrected chi connectivity index (χ4v) is 3.66. The zero-order chi connectivity index (χ0) is 20.0. The van der Waals surface area contributed by atoms with Gasteiger partial charge in [-0.1, -0.05) is 48.0 Å². The topological polar surface area (TPSA) is 92.6 Å². The van der Waals surface area contributed by atoms with Gasteiger partial charge in [0.25, 0.3) is 0 Å². The van der Waals surface area contributed by atoms with Gasteiger partial charge in [0.15, 0.2) is 5.15 Å². The Balaban J connectivity index is 1.50. The first-order chi connectivity index (χ1) is 13.4. The minimum absolute atomic E-state index is 0.00577. The minimum atomic E-state index is -3.49. The molecular formula is C19H19ClN4O3S. The first-order valence-corrected chi connectivity index (χ1v) is 10.6. The van der Waals surface area contributed by atoms with E-state index < -0.39 is 15.9 Å². The van der Waals surface area contributed by atoms with Crippen molar-refractivity contribution in [1.82, 2.24) is 19.4 Å². The number of hydrogen-bond acceptors (Lipinski definition) is 4. The maximum absolute atomic E-state index is 12.0. The van der Waals surface area contributed by atoms with Crippen molar-refractivity contribution in [1.29, 1.82) is 0 Å². The third kappa shape index (κ3) is 5.41. The Kier molecular flexibility index (Phi) is 6.45. The third-order valence-corrected chi connectivity index (χ3v) is 5.53. The molecule has 3 aromatic rings. The maximum atomic E-state index is 12.0. The second-order valence-corrected chi connectivity index (χ2v) is 8.25. The van der Waals surface area contributed by atoms with Crippen LogP contribution in [0.5, 0.6) is 0 Å². The lowest BCUT2D eigenvalue weighted by molar-refractivity contribution is -0.116. The van der Waals surface area contributed by atoms with Crippen LogP contribution in [0.25, 0.3) is 11.7 Å². The van der Waals surface area contributed by atoms with E-state index in [0.717, 1.165) is 5.56 Å². The summed E-state index contributed by atoms with van der Waals surface area (Å²) in [4.78, 5) is 16.2. The third-order valence-electron chi connectivity index (χ3n) is 3.92. The van der Waals surface area contributed by atoms with Gasteiger partial charge in [-0.15, -0.1) is 0 Å². The van der Waals surface area contributed by atoms with Gasteiger partial charge in [-0.05, 0) is 23.8 Å². The highest BCUT2D eigenvalue weighted by atomic mass is 35.5. The summed E-state index contributed by atoms with van der Waals surface area (Å²) in [6.07, 6.45) is 4.63. The fourth-order valence-electron chi connectivity index (χ4n) is 2.52. The molecule has 0 aliphatic rings. The van der Waals surface area contributed by atoms with E-state index in [-0.39, 0.29) is 24.0 Å². The fraction of sp³-hybridized carbons (Fsp3) is 0.158. The quantitative estimate of drug-likeness (QED) is 0.549. The SMILES string of the molecule is O=C(/C=C/c1c(Cl)nc2ccccn12)NCCS(=O)(=O)NCc1ccccc1. The van der Waals surface area contributed by atoms with Gasteiger partial charge in [0, 0.05) is 25.4 Å². The molecule has 0 radical (unpaired) electrons. The number of amides is 1. The molecule has 3 rings (SSSR count). The summed E-state index contributed by atoms with van der Waals surface area (Å²) in [6, 6.07) is 14.7. The van der Waals surface area contributed by atoms with E-state index in [9.17, 15) is 13.2 Å². The normalized spacial score (nSPS) is 11.9. The number of nitrogens with zero attached hydrogens (tertiary/aromatic N) is 2. The van der Waals surface area contributed by atoms with Crippen LogP contribution in [0.15, 0.2) is 60.8 Å². The molecule has 0 unspecified atom stereocenters. The monoisotopic (exact) mass is 418 g/mol. The Bertz CT molecular complexity index is 1090. The van der Waals surface area contributed by atoms with Crippen LogP contribution in [0.2, 0.25) is 5.15 Å². The summed E-state index contributed by atoms with van der Waals surface area (Å²) < 4.78 is 28.3. The zero-order valence-corrected chi connectivity index (χ0v) is 16.4. The van der Waals surface area contributed by atoms with E-state index >= 15 is 0 Å². The lowest BCUT2D eigenvalue weighted by Crippen LogP contribution is -2.33. The molecule has 2 aromatic heterocycles. The zero-order valence-electron chi connectivity index (χ0n) is 14.9. The van der Waals surface area contributed by atoms with Gasteiger partial charge in [-0.2, -0.15) is 0 Å². The van der Waals surface area contributed by atoms with Crippen molar-refractivity contribution in [2.45, 2.75) is 6.54 Å². The number of carbonyl (C=O) groups excluding carboxylic acids is 1. The number of rotatable bonds is 8. The number of carbonyl (C=O) groups is 1. The van der Waals surface area contributed by atoms with Crippen LogP contribution in [0.1, 0.15) is 11.3 Å². The Hall–Kier alpha value is -2.68. The average Bonchev–Trinajstić information content (AvgIpc) is 3.00. The highest BCUT2D eigenvalue weighted by Gasteiger charge is 2.11. The number of imidazole rings is 1. The van der Waals surface area contributed by atoms with Crippen LogP contribution in [-0.4, -0.2) is 36.0 Å². The summed E-state index contributed by atoms with van der Waals surface area (Å²) >= 11 is 6.10. The number of aromatic nitrogens is 2. The predicted molar refractivity (Wildman–Crippen MR) is 109 cm³/mol. The molecular weight excluding hydrogens is 400 g/mol. The molecule has 9 heteroatoms. The number of sulfonamides is 1. The molecule has 0 atom stereocenters. The Morgan fingerprint density at radius 3 is 2.68 bits per heavy atom. The molecule has 0 saturated carbocycles. The lowest BCUT2D eigenvalue weighted by Gasteiger charge is -2.07. The van der Waals surface area contributed by atoms with Crippen LogP contribution in [0, 0.1) is 0 Å². The molecule has 0 aliphatic heterocycles. The summed E-state index contributed by atoms with van der Waals surface area (Å²) in [6.45, 7) is 0.206. The van der Waals surface area contributed by atoms with Crippen LogP contribution < -0.4 is 10.0 Å². The van der Waals surface area contributed by atoms with Gasteiger partial charge in [-0.3, -0.25) is 9.20 Å². The molecule has 2 heterocycles. The van der Waals surface area contributed by atoms with Crippen molar-refractivity contribution in [2.75, 3.05) is 12.3 Å². The molecule has 0 aliphatic carbocycles. The van der Waals surface area contributed by atoms with Crippen molar-refractivity contribution < 1.29 is 13.2 Å². The molecule has 1 amide bonds. The van der Waals surface area contributed by atoms with Crippen molar-refractivity contribution in [3.8, 4) is 0 Å². The summed E-state index contributed by atoms with van der Waals surface area (Å²) in [5, 5.41) is 2.83. The number of hydrogen-bond donors (Lipinski definition) is 2. The van der Waals surface area contributed by atoms with E-state index in [0.29, 0.717) is 11.3 Å². The van der Waals surface area contributed by atoms with Gasteiger partial charge >= 0.3 is 0 Å². The predicted octanol–water partition coefficient (Wildman–Crippen LogP) is 2.24. The summed E-state index contributed by atoms with van der Waals surface area (Å²) in [7, 11) is -3.49. The van der Waals surface area contributed by atoms with Crippen LogP contribution >= 0.6 is 11.6 Å². The molecule has 28 heavy (non-hydrogen) atoms. The Morgan fingerprint density at radius 2 is 1.89 bits per heavy atom. The van der Waals surface area contributed by atoms with Crippen LogP contribution in [0.4, 0.5) is 0 Å². The maximum Gasteiger partial charge on any atom is 0.244 e. The molecule has 0 fully saturated rings. The second kappa shape index (κ2) is 9.01. The van der Waals surface area contributed by atoms with E-state index in [1.807, 2.05) is 42.5 Å². The lowest BCUT2D eigenvalue weighted by atomic mass is 10.2. The van der Waals surface area contributed by atoms with Crippen molar-refractivity contribution >= 4 is 39.3 Å². The van der Waals surface area contributed by atoms with Crippen molar-refractivity contribution in [3.63, 3.8) is 0 Å². The number of halogens is 1. The summed E-state index contributed by atoms with van der Waals surface area (Å²) in [5.41, 5.74) is 2.11. The first kappa shape index (κ1) is 20.1. The molecule has 0 bridgehead atoms. The second-order valence-electron chi connectivity index (χ2n) is 5.97. The number of benzene rings is 1. The largest absolute Gasteiger partial charge is 0.351 e. The van der Waals surface area contributed by atoms with Crippen LogP contribution in [0.3, 0.4) is 0 Å². The van der Waals surface area contributed by atoms with E-state index in [4.69, 9.17) is 11.6 Å². The van der Waals surface area contributed by atoms with Gasteiger partial charge in [0.1, 0.15) is 5.65 Å². The van der Waals surface area contributed by atoms with Gasteiger partial charge in [0.05, 0.1) is 11.4 Å². The van der Waals surface area contributed by atoms with E-state index in [1.54, 1.807) is 22.7 Å². The van der Waals surface area contributed by atoms with Gasteiger partial charge in [0.2, 0.25) is 15.9 Å². The summed E-state index contributed by atoms with van der Waals surface area (Å²) in [5.74, 6) is -0.629. The smallest absolute Gasteiger partial charge is 0.244 e. The standard InChI is InChI=1S/C19H19ClN4O3S/c20-19-16(24-12-5-4-8-17(24)23-19)9-10-18(25)21-11-13-28(26,27)22-14-15-6-2-1-3-7-15/h1-10,12,22H,11,13-14H2,(H,21,25)/b10-9+.